The monoisotopic (exact) mass is 362 g/mol. The van der Waals surface area contributed by atoms with E-state index in [4.69, 9.17) is 0 Å². The normalized spacial score (nSPS) is 11.9. The maximum Gasteiger partial charge on any atom is 0.234 e. The number of fused-ring (bicyclic) bond motifs is 1. The second-order valence-corrected chi connectivity index (χ2v) is 7.10. The average Bonchev–Trinajstić information content (AvgIpc) is 3.12. The van der Waals surface area contributed by atoms with Crippen molar-refractivity contribution in [1.29, 1.82) is 0 Å². The van der Waals surface area contributed by atoms with Crippen LogP contribution < -0.4 is 0 Å². The van der Waals surface area contributed by atoms with Crippen molar-refractivity contribution < 1.29 is 9.50 Å². The lowest BCUT2D eigenvalue weighted by Crippen LogP contribution is -2.23. The van der Waals surface area contributed by atoms with Crippen molar-refractivity contribution in [3.05, 3.63) is 72.7 Å². The molecule has 0 fully saturated rings. The third-order valence-corrected chi connectivity index (χ3v) is 4.70. The summed E-state index contributed by atoms with van der Waals surface area (Å²) < 4.78 is 16.2. The molecule has 0 aliphatic heterocycles. The molecule has 1 aromatic carbocycles. The van der Waals surface area contributed by atoms with Crippen LogP contribution >= 0.6 is 0 Å². The van der Waals surface area contributed by atoms with E-state index < -0.39 is 5.41 Å². The van der Waals surface area contributed by atoms with Crippen molar-refractivity contribution in [3.8, 4) is 22.4 Å². The predicted molar refractivity (Wildman–Crippen MR) is 102 cm³/mol. The highest BCUT2D eigenvalue weighted by molar-refractivity contribution is 5.72. The molecule has 4 aromatic rings. The number of halogens is 1. The van der Waals surface area contributed by atoms with Gasteiger partial charge in [0.05, 0.1) is 24.2 Å². The van der Waals surface area contributed by atoms with Crippen molar-refractivity contribution in [2.24, 2.45) is 0 Å². The number of aliphatic hydroxyl groups excluding tert-OH is 1. The van der Waals surface area contributed by atoms with Gasteiger partial charge < -0.3 is 5.11 Å². The molecule has 0 atom stereocenters. The fraction of sp³-hybridized carbons (Fsp3) is 0.190. The zero-order chi connectivity index (χ0) is 19.0. The van der Waals surface area contributed by atoms with E-state index in [1.165, 1.54) is 6.07 Å². The van der Waals surface area contributed by atoms with Crippen LogP contribution in [-0.4, -0.2) is 31.1 Å². The molecule has 6 heteroatoms. The van der Waals surface area contributed by atoms with E-state index in [1.807, 2.05) is 36.6 Å². The molecule has 0 saturated carbocycles. The van der Waals surface area contributed by atoms with Crippen molar-refractivity contribution in [2.45, 2.75) is 19.3 Å². The number of hydrogen-bond acceptors (Lipinski definition) is 4. The Labute approximate surface area is 156 Å². The molecule has 0 spiro atoms. The first-order chi connectivity index (χ1) is 13.0. The van der Waals surface area contributed by atoms with Gasteiger partial charge in [-0.3, -0.25) is 9.38 Å². The Balaban J connectivity index is 1.81. The Bertz CT molecular complexity index is 1110. The smallest absolute Gasteiger partial charge is 0.234 e. The molecule has 0 saturated heterocycles. The van der Waals surface area contributed by atoms with Gasteiger partial charge in [-0.25, -0.2) is 14.4 Å². The zero-order valence-corrected chi connectivity index (χ0v) is 15.1. The second-order valence-electron chi connectivity index (χ2n) is 7.10. The molecule has 27 heavy (non-hydrogen) atoms. The van der Waals surface area contributed by atoms with Crippen LogP contribution in [0.4, 0.5) is 4.39 Å². The molecule has 1 N–H and O–H groups in total. The first kappa shape index (κ1) is 17.3. The number of imidazole rings is 1. The lowest BCUT2D eigenvalue weighted by Gasteiger charge is -2.20. The molecule has 3 aromatic heterocycles. The Morgan fingerprint density at radius 3 is 2.70 bits per heavy atom. The van der Waals surface area contributed by atoms with Crippen molar-refractivity contribution in [3.63, 3.8) is 0 Å². The lowest BCUT2D eigenvalue weighted by molar-refractivity contribution is 0.215. The first-order valence-corrected chi connectivity index (χ1v) is 8.65. The van der Waals surface area contributed by atoms with Crippen LogP contribution in [0.25, 0.3) is 28.2 Å². The van der Waals surface area contributed by atoms with Gasteiger partial charge in [-0.05, 0) is 30.3 Å². The van der Waals surface area contributed by atoms with Gasteiger partial charge in [0, 0.05) is 40.7 Å². The zero-order valence-electron chi connectivity index (χ0n) is 15.1. The van der Waals surface area contributed by atoms with E-state index in [0.29, 0.717) is 11.3 Å². The summed E-state index contributed by atoms with van der Waals surface area (Å²) >= 11 is 0. The summed E-state index contributed by atoms with van der Waals surface area (Å²) in [5.74, 6) is 0.238. The summed E-state index contributed by atoms with van der Waals surface area (Å²) in [5.41, 5.74) is 3.17. The molecule has 0 amide bonds. The second kappa shape index (κ2) is 6.55. The molecule has 4 rings (SSSR count). The number of pyridine rings is 1. The lowest BCUT2D eigenvalue weighted by atomic mass is 9.90. The standard InChI is InChI=1S/C21H19FN4O/c1-21(2,13-27)19-7-9-26-18(12-24-20(26)25-19)14-5-6-17(22)16(10-14)15-4-3-8-23-11-15/h3-12,27H,13H2,1-2H3. The number of aliphatic hydroxyl groups is 1. The van der Waals surface area contributed by atoms with Gasteiger partial charge in [-0.1, -0.05) is 19.9 Å². The Morgan fingerprint density at radius 1 is 1.11 bits per heavy atom. The highest BCUT2D eigenvalue weighted by Crippen LogP contribution is 2.29. The highest BCUT2D eigenvalue weighted by atomic mass is 19.1. The van der Waals surface area contributed by atoms with Gasteiger partial charge in [0.15, 0.2) is 0 Å². The molecular weight excluding hydrogens is 343 g/mol. The van der Waals surface area contributed by atoms with E-state index in [0.717, 1.165) is 22.5 Å². The van der Waals surface area contributed by atoms with Crippen LogP contribution in [0, 0.1) is 5.82 Å². The van der Waals surface area contributed by atoms with Gasteiger partial charge in [-0.15, -0.1) is 0 Å². The van der Waals surface area contributed by atoms with E-state index in [-0.39, 0.29) is 12.4 Å². The largest absolute Gasteiger partial charge is 0.395 e. The Morgan fingerprint density at radius 2 is 1.96 bits per heavy atom. The highest BCUT2D eigenvalue weighted by Gasteiger charge is 2.22. The van der Waals surface area contributed by atoms with E-state index in [2.05, 4.69) is 15.0 Å². The molecule has 5 nitrogen and oxygen atoms in total. The molecule has 0 unspecified atom stereocenters. The third-order valence-electron chi connectivity index (χ3n) is 4.70. The molecule has 0 aliphatic rings. The van der Waals surface area contributed by atoms with Gasteiger partial charge in [-0.2, -0.15) is 0 Å². The van der Waals surface area contributed by atoms with Crippen LogP contribution in [0.2, 0.25) is 0 Å². The predicted octanol–water partition coefficient (Wildman–Crippen LogP) is 3.87. The van der Waals surface area contributed by atoms with Crippen molar-refractivity contribution in [1.82, 2.24) is 19.4 Å². The summed E-state index contributed by atoms with van der Waals surface area (Å²) in [5, 5.41) is 9.56. The van der Waals surface area contributed by atoms with E-state index in [1.54, 1.807) is 36.8 Å². The van der Waals surface area contributed by atoms with Crippen molar-refractivity contribution in [2.75, 3.05) is 6.61 Å². The van der Waals surface area contributed by atoms with Crippen LogP contribution in [0.5, 0.6) is 0 Å². The van der Waals surface area contributed by atoms with Crippen LogP contribution in [-0.2, 0) is 5.41 Å². The summed E-state index contributed by atoms with van der Waals surface area (Å²) in [4.78, 5) is 13.0. The summed E-state index contributed by atoms with van der Waals surface area (Å²) in [6.45, 7) is 3.85. The maximum absolute atomic E-state index is 14.3. The minimum Gasteiger partial charge on any atom is -0.395 e. The number of aromatic nitrogens is 4. The molecular formula is C21H19FN4O. The average molecular weight is 362 g/mol. The molecule has 0 radical (unpaired) electrons. The minimum atomic E-state index is -0.447. The Kier molecular flexibility index (Phi) is 4.20. The minimum absolute atomic E-state index is 0.00380. The van der Waals surface area contributed by atoms with Gasteiger partial charge in [0.25, 0.3) is 0 Å². The Hall–Kier alpha value is -3.12. The quantitative estimate of drug-likeness (QED) is 0.599. The van der Waals surface area contributed by atoms with E-state index in [9.17, 15) is 9.50 Å². The molecule has 3 heterocycles. The van der Waals surface area contributed by atoms with Gasteiger partial charge in [0.2, 0.25) is 5.78 Å². The topological polar surface area (TPSA) is 63.3 Å². The fourth-order valence-corrected chi connectivity index (χ4v) is 2.97. The number of hydrogen-bond donors (Lipinski definition) is 1. The van der Waals surface area contributed by atoms with Gasteiger partial charge in [0.1, 0.15) is 5.82 Å². The van der Waals surface area contributed by atoms with Crippen molar-refractivity contribution >= 4 is 5.78 Å². The van der Waals surface area contributed by atoms with Crippen LogP contribution in [0.3, 0.4) is 0 Å². The van der Waals surface area contributed by atoms with Crippen LogP contribution in [0.15, 0.2) is 61.2 Å². The third kappa shape index (κ3) is 3.08. The molecule has 0 aliphatic carbocycles. The summed E-state index contributed by atoms with van der Waals surface area (Å²) in [7, 11) is 0. The van der Waals surface area contributed by atoms with Crippen LogP contribution in [0.1, 0.15) is 19.5 Å². The summed E-state index contributed by atoms with van der Waals surface area (Å²) in [6, 6.07) is 10.5. The number of rotatable bonds is 4. The van der Waals surface area contributed by atoms with E-state index >= 15 is 0 Å². The first-order valence-electron chi connectivity index (χ1n) is 8.65. The number of nitrogens with zero attached hydrogens (tertiary/aromatic N) is 4. The molecule has 0 bridgehead atoms. The summed E-state index contributed by atoms with van der Waals surface area (Å²) in [6.07, 6.45) is 6.90. The fourth-order valence-electron chi connectivity index (χ4n) is 2.97. The molecule has 136 valence electrons. The maximum atomic E-state index is 14.3. The van der Waals surface area contributed by atoms with Gasteiger partial charge >= 0.3 is 0 Å². The number of benzene rings is 1. The SMILES string of the molecule is CC(C)(CO)c1ccn2c(-c3ccc(F)c(-c4cccnc4)c3)cnc2n1.